The summed E-state index contributed by atoms with van der Waals surface area (Å²) in [4.78, 5) is 19.5. The second kappa shape index (κ2) is 6.36. The molecular weight excluding hydrogens is 288 g/mol. The van der Waals surface area contributed by atoms with E-state index in [0.29, 0.717) is 16.8 Å². The van der Waals surface area contributed by atoms with Crippen LogP contribution in [0, 0.1) is 0 Å². The van der Waals surface area contributed by atoms with Crippen molar-refractivity contribution in [2.24, 2.45) is 5.84 Å². The lowest BCUT2D eigenvalue weighted by molar-refractivity contribution is -0.121. The number of amides is 1. The Morgan fingerprint density at radius 1 is 1.65 bits per heavy atom. The van der Waals surface area contributed by atoms with Gasteiger partial charge in [-0.2, -0.15) is 4.98 Å². The first-order valence-corrected chi connectivity index (χ1v) is 5.91. The molecule has 0 aliphatic heterocycles. The molecule has 7 nitrogen and oxygen atoms in total. The summed E-state index contributed by atoms with van der Waals surface area (Å²) in [5.41, 5.74) is 2.34. The zero-order valence-corrected chi connectivity index (χ0v) is 11.2. The molecule has 94 valence electrons. The molecule has 0 spiro atoms. The van der Waals surface area contributed by atoms with Gasteiger partial charge in [0.2, 0.25) is 11.9 Å². The van der Waals surface area contributed by atoms with Crippen LogP contribution in [-0.4, -0.2) is 28.5 Å². The molecule has 1 unspecified atom stereocenters. The lowest BCUT2D eigenvalue weighted by Crippen LogP contribution is -2.37. The van der Waals surface area contributed by atoms with Crippen LogP contribution >= 0.6 is 15.9 Å². The molecule has 0 bridgehead atoms. The van der Waals surface area contributed by atoms with Gasteiger partial charge in [-0.1, -0.05) is 0 Å². The van der Waals surface area contributed by atoms with E-state index in [4.69, 9.17) is 5.84 Å². The van der Waals surface area contributed by atoms with Gasteiger partial charge in [-0.15, -0.1) is 0 Å². The molecule has 0 saturated heterocycles. The summed E-state index contributed by atoms with van der Waals surface area (Å²) in [6.07, 6.45) is 1.55. The largest absolute Gasteiger partial charge is 0.358 e. The fourth-order valence-corrected chi connectivity index (χ4v) is 1.44. The minimum Gasteiger partial charge on any atom is -0.358 e. The number of nitrogens with two attached hydrogens (primary N) is 1. The molecule has 5 N–H and O–H groups in total. The number of hydrogen-bond donors (Lipinski definition) is 4. The fraction of sp³-hybridized carbons (Fsp3) is 0.444. The van der Waals surface area contributed by atoms with Crippen LogP contribution in [0.15, 0.2) is 10.7 Å². The molecule has 0 radical (unpaired) electrons. The van der Waals surface area contributed by atoms with Gasteiger partial charge in [0.25, 0.3) is 0 Å². The summed E-state index contributed by atoms with van der Waals surface area (Å²) in [6.45, 7) is 4.20. The van der Waals surface area contributed by atoms with Crippen molar-refractivity contribution in [3.63, 3.8) is 0 Å². The van der Waals surface area contributed by atoms with Crippen molar-refractivity contribution in [3.05, 3.63) is 10.7 Å². The molecule has 17 heavy (non-hydrogen) atoms. The maximum atomic E-state index is 11.5. The first-order chi connectivity index (χ1) is 8.08. The van der Waals surface area contributed by atoms with Gasteiger partial charge in [0.1, 0.15) is 11.9 Å². The Labute approximate surface area is 108 Å². The number of carbonyl (C=O) groups excluding carboxylic acids is 1. The van der Waals surface area contributed by atoms with Crippen LogP contribution < -0.4 is 21.9 Å². The molecule has 1 rings (SSSR count). The van der Waals surface area contributed by atoms with E-state index in [2.05, 4.69) is 42.0 Å². The van der Waals surface area contributed by atoms with Crippen LogP contribution in [0.25, 0.3) is 0 Å². The molecule has 8 heteroatoms. The third kappa shape index (κ3) is 3.82. The first kappa shape index (κ1) is 13.7. The first-order valence-electron chi connectivity index (χ1n) is 5.11. The smallest absolute Gasteiger partial charge is 0.242 e. The second-order valence-corrected chi connectivity index (χ2v) is 4.15. The number of halogens is 1. The van der Waals surface area contributed by atoms with E-state index < -0.39 is 6.04 Å². The van der Waals surface area contributed by atoms with Crippen molar-refractivity contribution in [1.29, 1.82) is 0 Å². The average molecular weight is 303 g/mol. The number of hydrazine groups is 1. The van der Waals surface area contributed by atoms with Crippen LogP contribution in [0.4, 0.5) is 11.8 Å². The minimum absolute atomic E-state index is 0.0970. The maximum Gasteiger partial charge on any atom is 0.242 e. The highest BCUT2D eigenvalue weighted by atomic mass is 79.9. The highest BCUT2D eigenvalue weighted by Gasteiger charge is 2.14. The van der Waals surface area contributed by atoms with E-state index in [1.54, 1.807) is 13.1 Å². The Bertz CT molecular complexity index is 399. The van der Waals surface area contributed by atoms with E-state index in [1.165, 1.54) is 0 Å². The number of rotatable bonds is 5. The van der Waals surface area contributed by atoms with E-state index in [-0.39, 0.29) is 11.9 Å². The summed E-state index contributed by atoms with van der Waals surface area (Å²) < 4.78 is 0.660. The summed E-state index contributed by atoms with van der Waals surface area (Å²) in [5.74, 6) is 5.90. The van der Waals surface area contributed by atoms with Crippen molar-refractivity contribution in [1.82, 2.24) is 15.3 Å². The van der Waals surface area contributed by atoms with Crippen molar-refractivity contribution < 1.29 is 4.79 Å². The number of carbonyl (C=O) groups is 1. The number of aromatic nitrogens is 2. The standard InChI is InChI=1S/C9H15BrN6O/c1-3-12-8(17)5(2)14-7-6(10)4-13-9(15-7)16-11/h4-5H,3,11H2,1-2H3,(H,12,17)(H2,13,14,15,16). The Morgan fingerprint density at radius 2 is 2.35 bits per heavy atom. The number of likely N-dealkylation sites (N-methyl/N-ethyl adjacent to an activating group) is 1. The molecule has 1 atom stereocenters. The number of nitrogen functional groups attached to an aromatic ring is 1. The average Bonchev–Trinajstić information content (AvgIpc) is 2.32. The molecule has 0 fully saturated rings. The van der Waals surface area contributed by atoms with Crippen LogP contribution in [0.1, 0.15) is 13.8 Å². The highest BCUT2D eigenvalue weighted by Crippen LogP contribution is 2.20. The molecule has 0 aliphatic carbocycles. The summed E-state index contributed by atoms with van der Waals surface area (Å²) >= 11 is 3.29. The fourth-order valence-electron chi connectivity index (χ4n) is 1.14. The van der Waals surface area contributed by atoms with Gasteiger partial charge in [-0.05, 0) is 29.8 Å². The monoisotopic (exact) mass is 302 g/mol. The zero-order valence-electron chi connectivity index (χ0n) is 9.62. The van der Waals surface area contributed by atoms with Crippen molar-refractivity contribution in [2.75, 3.05) is 17.3 Å². The molecule has 1 heterocycles. The molecule has 0 saturated carbocycles. The number of anilines is 2. The third-order valence-electron chi connectivity index (χ3n) is 1.97. The molecule has 1 aromatic heterocycles. The van der Waals surface area contributed by atoms with Gasteiger partial charge >= 0.3 is 0 Å². The molecule has 0 aromatic carbocycles. The van der Waals surface area contributed by atoms with Gasteiger partial charge in [0.15, 0.2) is 0 Å². The van der Waals surface area contributed by atoms with Gasteiger partial charge in [0.05, 0.1) is 4.47 Å². The van der Waals surface area contributed by atoms with Crippen LogP contribution in [0.2, 0.25) is 0 Å². The van der Waals surface area contributed by atoms with E-state index >= 15 is 0 Å². The SMILES string of the molecule is CCNC(=O)C(C)Nc1nc(NN)ncc1Br. The summed E-state index contributed by atoms with van der Waals surface area (Å²) in [7, 11) is 0. The number of nitrogens with one attached hydrogen (secondary N) is 3. The predicted molar refractivity (Wildman–Crippen MR) is 69.3 cm³/mol. The maximum absolute atomic E-state index is 11.5. The third-order valence-corrected chi connectivity index (χ3v) is 2.55. The van der Waals surface area contributed by atoms with Crippen LogP contribution in [0.5, 0.6) is 0 Å². The van der Waals surface area contributed by atoms with Crippen molar-refractivity contribution in [3.8, 4) is 0 Å². The van der Waals surface area contributed by atoms with Crippen molar-refractivity contribution >= 4 is 33.6 Å². The summed E-state index contributed by atoms with van der Waals surface area (Å²) in [5, 5.41) is 5.68. The van der Waals surface area contributed by atoms with Gasteiger partial charge in [-0.25, -0.2) is 10.8 Å². The van der Waals surface area contributed by atoms with Gasteiger partial charge < -0.3 is 10.6 Å². The Balaban J connectivity index is 2.76. The van der Waals surface area contributed by atoms with Gasteiger partial charge in [-0.3, -0.25) is 10.2 Å². The lowest BCUT2D eigenvalue weighted by atomic mass is 10.3. The number of hydrogen-bond acceptors (Lipinski definition) is 6. The van der Waals surface area contributed by atoms with E-state index in [1.807, 2.05) is 6.92 Å². The quantitative estimate of drug-likeness (QED) is 0.465. The second-order valence-electron chi connectivity index (χ2n) is 3.30. The van der Waals surface area contributed by atoms with E-state index in [0.717, 1.165) is 0 Å². The van der Waals surface area contributed by atoms with Gasteiger partial charge in [0, 0.05) is 12.7 Å². The van der Waals surface area contributed by atoms with Crippen molar-refractivity contribution in [2.45, 2.75) is 19.9 Å². The molecule has 1 amide bonds. The van der Waals surface area contributed by atoms with Crippen LogP contribution in [0.3, 0.4) is 0 Å². The Kier molecular flexibility index (Phi) is 5.11. The van der Waals surface area contributed by atoms with Crippen LogP contribution in [-0.2, 0) is 4.79 Å². The Hall–Kier alpha value is -1.41. The molecule has 0 aliphatic rings. The zero-order chi connectivity index (χ0) is 12.8. The van der Waals surface area contributed by atoms with E-state index in [9.17, 15) is 4.79 Å². The minimum atomic E-state index is -0.397. The number of nitrogens with zero attached hydrogens (tertiary/aromatic N) is 2. The Morgan fingerprint density at radius 3 is 2.94 bits per heavy atom. The molecule has 1 aromatic rings. The summed E-state index contributed by atoms with van der Waals surface area (Å²) in [6, 6.07) is -0.397. The topological polar surface area (TPSA) is 105 Å². The molecular formula is C9H15BrN6O. The highest BCUT2D eigenvalue weighted by molar-refractivity contribution is 9.10. The lowest BCUT2D eigenvalue weighted by Gasteiger charge is -2.15. The predicted octanol–water partition coefficient (Wildman–Crippen LogP) is 0.461. The normalized spacial score (nSPS) is 11.8.